The zero-order chi connectivity index (χ0) is 12.5. The third-order valence-electron chi connectivity index (χ3n) is 3.68. The number of hydrogen-bond donors (Lipinski definition) is 1. The molecule has 1 atom stereocenters. The minimum absolute atomic E-state index is 0. The van der Waals surface area contributed by atoms with E-state index in [0.29, 0.717) is 12.6 Å². The summed E-state index contributed by atoms with van der Waals surface area (Å²) in [6, 6.07) is 0.386. The van der Waals surface area contributed by atoms with Gasteiger partial charge in [0.25, 0.3) is 0 Å². The Bertz CT molecular complexity index is 558. The quantitative estimate of drug-likeness (QED) is 0.909. The fraction of sp³-hybridized carbons (Fsp3) is 0.583. The van der Waals surface area contributed by atoms with Crippen molar-refractivity contribution in [1.29, 1.82) is 0 Å². The molecule has 0 aliphatic carbocycles. The first-order chi connectivity index (χ1) is 8.81. The molecule has 0 spiro atoms. The van der Waals surface area contributed by atoms with Gasteiger partial charge >= 0.3 is 0 Å². The maximum Gasteiger partial charge on any atom is 0.163 e. The van der Waals surface area contributed by atoms with Crippen LogP contribution in [0.4, 0.5) is 5.82 Å². The molecule has 0 radical (unpaired) electrons. The monoisotopic (exact) mass is 318 g/mol. The Morgan fingerprint density at radius 1 is 1.30 bits per heavy atom. The van der Waals surface area contributed by atoms with Gasteiger partial charge in [0.2, 0.25) is 0 Å². The largest absolute Gasteiger partial charge is 0.352 e. The predicted molar refractivity (Wildman–Crippen MR) is 84.8 cm³/mol. The summed E-state index contributed by atoms with van der Waals surface area (Å²) in [6.45, 7) is 1.69. The van der Waals surface area contributed by atoms with Gasteiger partial charge in [-0.25, -0.2) is 9.97 Å². The second kappa shape index (κ2) is 7.06. The summed E-state index contributed by atoms with van der Waals surface area (Å²) in [5.41, 5.74) is 6.75. The average molecular weight is 319 g/mol. The Labute approximate surface area is 130 Å². The van der Waals surface area contributed by atoms with Crippen molar-refractivity contribution in [1.82, 2.24) is 19.7 Å². The van der Waals surface area contributed by atoms with E-state index in [1.165, 1.54) is 12.8 Å². The van der Waals surface area contributed by atoms with Crippen molar-refractivity contribution in [3.8, 4) is 0 Å². The summed E-state index contributed by atoms with van der Waals surface area (Å²) in [5.74, 6) is 0.975. The number of rotatable bonds is 2. The lowest BCUT2D eigenvalue weighted by atomic mass is 10.0. The van der Waals surface area contributed by atoms with E-state index < -0.39 is 0 Å². The maximum atomic E-state index is 5.87. The number of aryl methyl sites for hydroxylation is 1. The minimum Gasteiger partial charge on any atom is -0.352 e. The molecule has 20 heavy (non-hydrogen) atoms. The molecule has 2 N–H and O–H groups in total. The molecule has 8 heteroatoms. The smallest absolute Gasteiger partial charge is 0.163 e. The van der Waals surface area contributed by atoms with E-state index in [0.717, 1.165) is 29.8 Å². The first-order valence-corrected chi connectivity index (χ1v) is 6.40. The van der Waals surface area contributed by atoms with E-state index in [-0.39, 0.29) is 24.8 Å². The molecule has 1 fully saturated rings. The van der Waals surface area contributed by atoms with Crippen molar-refractivity contribution in [2.45, 2.75) is 25.3 Å². The predicted octanol–water partition coefficient (Wildman–Crippen LogP) is 1.52. The Kier molecular flexibility index (Phi) is 5.98. The van der Waals surface area contributed by atoms with Gasteiger partial charge in [-0.3, -0.25) is 4.68 Å². The topological polar surface area (TPSA) is 72.9 Å². The highest BCUT2D eigenvalue weighted by atomic mass is 35.5. The van der Waals surface area contributed by atoms with Gasteiger partial charge < -0.3 is 10.6 Å². The molecular formula is C12H20Cl2N6. The first kappa shape index (κ1) is 16.9. The summed E-state index contributed by atoms with van der Waals surface area (Å²) < 4.78 is 1.78. The molecular weight excluding hydrogens is 299 g/mol. The number of nitrogens with two attached hydrogens (primary N) is 1. The van der Waals surface area contributed by atoms with Gasteiger partial charge in [0.1, 0.15) is 12.1 Å². The van der Waals surface area contributed by atoms with Gasteiger partial charge in [-0.05, 0) is 19.3 Å². The molecule has 1 saturated heterocycles. The summed E-state index contributed by atoms with van der Waals surface area (Å²) in [7, 11) is 1.90. The van der Waals surface area contributed by atoms with Crippen molar-refractivity contribution in [2.24, 2.45) is 12.8 Å². The Morgan fingerprint density at radius 2 is 2.10 bits per heavy atom. The number of piperidine rings is 1. The highest BCUT2D eigenvalue weighted by Gasteiger charge is 2.24. The van der Waals surface area contributed by atoms with Crippen LogP contribution in [0.2, 0.25) is 0 Å². The first-order valence-electron chi connectivity index (χ1n) is 6.40. The lowest BCUT2D eigenvalue weighted by molar-refractivity contribution is 0.463. The van der Waals surface area contributed by atoms with Gasteiger partial charge in [-0.1, -0.05) is 0 Å². The zero-order valence-electron chi connectivity index (χ0n) is 11.4. The van der Waals surface area contributed by atoms with Crippen LogP contribution in [0, 0.1) is 0 Å². The third-order valence-corrected chi connectivity index (χ3v) is 3.68. The molecule has 2 aromatic heterocycles. The van der Waals surface area contributed by atoms with E-state index in [2.05, 4.69) is 20.0 Å². The standard InChI is InChI=1S/C12H18N6.2ClH/c1-17-11-10(7-16-17)12(15-8-14-11)18-5-3-2-4-9(18)6-13;;/h7-9H,2-6,13H2,1H3;2*1H. The summed E-state index contributed by atoms with van der Waals surface area (Å²) >= 11 is 0. The summed E-state index contributed by atoms with van der Waals surface area (Å²) in [4.78, 5) is 11.0. The Hall–Kier alpha value is -1.11. The van der Waals surface area contributed by atoms with Crippen LogP contribution in [-0.2, 0) is 7.05 Å². The van der Waals surface area contributed by atoms with Crippen molar-refractivity contribution in [2.75, 3.05) is 18.0 Å². The van der Waals surface area contributed by atoms with Gasteiger partial charge in [0.15, 0.2) is 5.65 Å². The molecule has 1 unspecified atom stereocenters. The number of fused-ring (bicyclic) bond motifs is 1. The summed E-state index contributed by atoms with van der Waals surface area (Å²) in [6.07, 6.45) is 7.04. The second-order valence-corrected chi connectivity index (χ2v) is 4.78. The number of hydrogen-bond acceptors (Lipinski definition) is 5. The fourth-order valence-corrected chi connectivity index (χ4v) is 2.70. The van der Waals surface area contributed by atoms with E-state index in [9.17, 15) is 0 Å². The van der Waals surface area contributed by atoms with Crippen LogP contribution in [0.1, 0.15) is 19.3 Å². The Balaban J connectivity index is 0.000001000. The number of aromatic nitrogens is 4. The number of halogens is 2. The molecule has 1 aliphatic rings. The van der Waals surface area contributed by atoms with Crippen LogP contribution in [0.5, 0.6) is 0 Å². The molecule has 3 rings (SSSR count). The molecule has 3 heterocycles. The fourth-order valence-electron chi connectivity index (χ4n) is 2.70. The summed E-state index contributed by atoms with van der Waals surface area (Å²) in [5, 5.41) is 5.27. The van der Waals surface area contributed by atoms with Gasteiger partial charge in [0.05, 0.1) is 11.6 Å². The molecule has 1 aliphatic heterocycles. The normalized spacial score (nSPS) is 18.5. The molecule has 2 aromatic rings. The molecule has 0 saturated carbocycles. The van der Waals surface area contributed by atoms with Crippen LogP contribution >= 0.6 is 24.8 Å². The van der Waals surface area contributed by atoms with Crippen LogP contribution < -0.4 is 10.6 Å². The van der Waals surface area contributed by atoms with Crippen molar-refractivity contribution in [3.05, 3.63) is 12.5 Å². The molecule has 0 bridgehead atoms. The Morgan fingerprint density at radius 3 is 2.85 bits per heavy atom. The SMILES string of the molecule is Cl.Cl.Cn1ncc2c(N3CCCCC3CN)ncnc21. The van der Waals surface area contributed by atoms with Crippen molar-refractivity contribution in [3.63, 3.8) is 0 Å². The zero-order valence-corrected chi connectivity index (χ0v) is 13.0. The molecule has 0 aromatic carbocycles. The van der Waals surface area contributed by atoms with E-state index in [1.807, 2.05) is 13.2 Å². The van der Waals surface area contributed by atoms with Crippen LogP contribution in [0.3, 0.4) is 0 Å². The molecule has 6 nitrogen and oxygen atoms in total. The van der Waals surface area contributed by atoms with Gasteiger partial charge in [0, 0.05) is 26.2 Å². The van der Waals surface area contributed by atoms with Crippen LogP contribution in [-0.4, -0.2) is 38.9 Å². The van der Waals surface area contributed by atoms with E-state index >= 15 is 0 Å². The maximum absolute atomic E-state index is 5.87. The van der Waals surface area contributed by atoms with E-state index in [1.54, 1.807) is 11.0 Å². The average Bonchev–Trinajstić information content (AvgIpc) is 2.81. The highest BCUT2D eigenvalue weighted by molar-refractivity contribution is 5.86. The van der Waals surface area contributed by atoms with Crippen LogP contribution in [0.15, 0.2) is 12.5 Å². The molecule has 0 amide bonds. The third kappa shape index (κ3) is 2.82. The lowest BCUT2D eigenvalue weighted by Gasteiger charge is -2.36. The molecule has 112 valence electrons. The van der Waals surface area contributed by atoms with Crippen molar-refractivity contribution < 1.29 is 0 Å². The second-order valence-electron chi connectivity index (χ2n) is 4.78. The minimum atomic E-state index is 0. The van der Waals surface area contributed by atoms with Gasteiger partial charge in [-0.2, -0.15) is 5.10 Å². The van der Waals surface area contributed by atoms with Crippen LogP contribution in [0.25, 0.3) is 11.0 Å². The lowest BCUT2D eigenvalue weighted by Crippen LogP contribution is -2.44. The number of anilines is 1. The highest BCUT2D eigenvalue weighted by Crippen LogP contribution is 2.27. The van der Waals surface area contributed by atoms with E-state index in [4.69, 9.17) is 5.73 Å². The van der Waals surface area contributed by atoms with Gasteiger partial charge in [-0.15, -0.1) is 24.8 Å². The number of nitrogens with zero attached hydrogens (tertiary/aromatic N) is 5. The van der Waals surface area contributed by atoms with Crippen molar-refractivity contribution >= 4 is 41.7 Å².